The van der Waals surface area contributed by atoms with Gasteiger partial charge in [-0.25, -0.2) is 0 Å². The van der Waals surface area contributed by atoms with E-state index in [1.165, 1.54) is 0 Å². The molecule has 0 aromatic heterocycles. The lowest BCUT2D eigenvalue weighted by atomic mass is 9.94. The van der Waals surface area contributed by atoms with Crippen LogP contribution in [0.1, 0.15) is 34.1 Å². The first-order valence-electron chi connectivity index (χ1n) is 5.82. The molecule has 1 heterocycles. The number of carbonyl (C=O) groups is 1. The van der Waals surface area contributed by atoms with Gasteiger partial charge in [0, 0.05) is 31.0 Å². The van der Waals surface area contributed by atoms with E-state index >= 15 is 0 Å². The van der Waals surface area contributed by atoms with Gasteiger partial charge in [0.25, 0.3) is 0 Å². The van der Waals surface area contributed by atoms with Crippen molar-refractivity contribution in [1.82, 2.24) is 4.90 Å². The fourth-order valence-electron chi connectivity index (χ4n) is 1.87. The molecule has 1 atom stereocenters. The van der Waals surface area contributed by atoms with Crippen LogP contribution in [0.25, 0.3) is 0 Å². The summed E-state index contributed by atoms with van der Waals surface area (Å²) in [5.74, 6) is 0.785. The molecule has 1 aliphatic heterocycles. The molecular formula is C12H23NO2. The van der Waals surface area contributed by atoms with Crippen molar-refractivity contribution >= 4 is 5.91 Å². The Morgan fingerprint density at radius 3 is 2.53 bits per heavy atom. The monoisotopic (exact) mass is 213 g/mol. The van der Waals surface area contributed by atoms with Gasteiger partial charge in [-0.15, -0.1) is 0 Å². The molecular weight excluding hydrogens is 190 g/mol. The van der Waals surface area contributed by atoms with E-state index in [0.29, 0.717) is 5.92 Å². The predicted octanol–water partition coefficient (Wildman–Crippen LogP) is 1.92. The number of rotatable bonds is 3. The summed E-state index contributed by atoms with van der Waals surface area (Å²) in [6, 6.07) is 0. The molecule has 0 aromatic carbocycles. The van der Waals surface area contributed by atoms with E-state index < -0.39 is 0 Å². The maximum Gasteiger partial charge on any atom is 0.227 e. The second kappa shape index (κ2) is 4.97. The summed E-state index contributed by atoms with van der Waals surface area (Å²) in [5.41, 5.74) is -0.268. The SMILES string of the molecule is CCN(C[C@H]1CCOC1)C(=O)C(C)(C)C. The van der Waals surface area contributed by atoms with Crippen LogP contribution < -0.4 is 0 Å². The lowest BCUT2D eigenvalue weighted by Crippen LogP contribution is -2.42. The minimum atomic E-state index is -0.268. The van der Waals surface area contributed by atoms with Crippen LogP contribution in [-0.4, -0.2) is 37.1 Å². The minimum absolute atomic E-state index is 0.247. The topological polar surface area (TPSA) is 29.5 Å². The van der Waals surface area contributed by atoms with Crippen molar-refractivity contribution in [2.45, 2.75) is 34.1 Å². The second-order valence-corrected chi connectivity index (χ2v) is 5.32. The third-order valence-electron chi connectivity index (χ3n) is 2.81. The third-order valence-corrected chi connectivity index (χ3v) is 2.81. The fraction of sp³-hybridized carbons (Fsp3) is 0.917. The highest BCUT2D eigenvalue weighted by atomic mass is 16.5. The van der Waals surface area contributed by atoms with Gasteiger partial charge in [-0.2, -0.15) is 0 Å². The van der Waals surface area contributed by atoms with Gasteiger partial charge < -0.3 is 9.64 Å². The smallest absolute Gasteiger partial charge is 0.227 e. The number of carbonyl (C=O) groups excluding carboxylic acids is 1. The number of amides is 1. The largest absolute Gasteiger partial charge is 0.381 e. The lowest BCUT2D eigenvalue weighted by Gasteiger charge is -2.30. The number of nitrogens with zero attached hydrogens (tertiary/aromatic N) is 1. The minimum Gasteiger partial charge on any atom is -0.381 e. The van der Waals surface area contributed by atoms with Crippen molar-refractivity contribution in [2.24, 2.45) is 11.3 Å². The molecule has 0 N–H and O–H groups in total. The molecule has 0 aliphatic carbocycles. The van der Waals surface area contributed by atoms with E-state index in [0.717, 1.165) is 32.7 Å². The van der Waals surface area contributed by atoms with E-state index in [4.69, 9.17) is 4.74 Å². The quantitative estimate of drug-likeness (QED) is 0.717. The molecule has 3 nitrogen and oxygen atoms in total. The van der Waals surface area contributed by atoms with Crippen molar-refractivity contribution in [2.75, 3.05) is 26.3 Å². The van der Waals surface area contributed by atoms with Crippen LogP contribution in [0.15, 0.2) is 0 Å². The first-order valence-corrected chi connectivity index (χ1v) is 5.82. The van der Waals surface area contributed by atoms with Crippen molar-refractivity contribution in [3.8, 4) is 0 Å². The molecule has 1 rings (SSSR count). The van der Waals surface area contributed by atoms with Crippen molar-refractivity contribution in [3.05, 3.63) is 0 Å². The Bertz CT molecular complexity index is 214. The highest BCUT2D eigenvalue weighted by molar-refractivity contribution is 5.81. The first-order chi connectivity index (χ1) is 6.95. The Hall–Kier alpha value is -0.570. The van der Waals surface area contributed by atoms with Gasteiger partial charge >= 0.3 is 0 Å². The molecule has 0 unspecified atom stereocenters. The van der Waals surface area contributed by atoms with Gasteiger partial charge in [-0.05, 0) is 13.3 Å². The van der Waals surface area contributed by atoms with E-state index in [1.54, 1.807) is 0 Å². The van der Waals surface area contributed by atoms with Crippen LogP contribution in [0.4, 0.5) is 0 Å². The number of hydrogen-bond donors (Lipinski definition) is 0. The van der Waals surface area contributed by atoms with Crippen molar-refractivity contribution in [3.63, 3.8) is 0 Å². The molecule has 0 saturated carbocycles. The molecule has 1 amide bonds. The summed E-state index contributed by atoms with van der Waals surface area (Å²) in [6.45, 7) is 11.3. The summed E-state index contributed by atoms with van der Waals surface area (Å²) in [5, 5.41) is 0. The number of hydrogen-bond acceptors (Lipinski definition) is 2. The molecule has 1 fully saturated rings. The van der Waals surface area contributed by atoms with Gasteiger partial charge in [-0.3, -0.25) is 4.79 Å². The van der Waals surface area contributed by atoms with E-state index in [1.807, 2.05) is 32.6 Å². The Morgan fingerprint density at radius 2 is 2.13 bits per heavy atom. The highest BCUT2D eigenvalue weighted by Crippen LogP contribution is 2.20. The van der Waals surface area contributed by atoms with Crippen LogP contribution in [0.5, 0.6) is 0 Å². The zero-order valence-electron chi connectivity index (χ0n) is 10.4. The average molecular weight is 213 g/mol. The first kappa shape index (κ1) is 12.5. The maximum absolute atomic E-state index is 12.1. The Morgan fingerprint density at radius 1 is 1.47 bits per heavy atom. The van der Waals surface area contributed by atoms with Crippen molar-refractivity contribution < 1.29 is 9.53 Å². The standard InChI is InChI=1S/C12H23NO2/c1-5-13(11(14)12(2,3)4)8-10-6-7-15-9-10/h10H,5-9H2,1-4H3/t10-/m1/s1. The summed E-state index contributed by atoms with van der Waals surface area (Å²) in [6.07, 6.45) is 1.09. The second-order valence-electron chi connectivity index (χ2n) is 5.32. The Labute approximate surface area is 92.8 Å². The van der Waals surface area contributed by atoms with E-state index in [2.05, 4.69) is 0 Å². The molecule has 3 heteroatoms. The molecule has 1 saturated heterocycles. The van der Waals surface area contributed by atoms with Gasteiger partial charge in [0.05, 0.1) is 6.61 Å². The van der Waals surface area contributed by atoms with Crippen LogP contribution in [0, 0.1) is 11.3 Å². The van der Waals surface area contributed by atoms with Crippen LogP contribution in [0.2, 0.25) is 0 Å². The predicted molar refractivity (Wildman–Crippen MR) is 60.6 cm³/mol. The van der Waals surface area contributed by atoms with Crippen molar-refractivity contribution in [1.29, 1.82) is 0 Å². The van der Waals surface area contributed by atoms with Gasteiger partial charge in [0.2, 0.25) is 5.91 Å². The summed E-state index contributed by atoms with van der Waals surface area (Å²) < 4.78 is 5.33. The summed E-state index contributed by atoms with van der Waals surface area (Å²) >= 11 is 0. The maximum atomic E-state index is 12.1. The van der Waals surface area contributed by atoms with Gasteiger partial charge in [0.15, 0.2) is 0 Å². The Balaban J connectivity index is 2.51. The summed E-state index contributed by atoms with van der Waals surface area (Å²) in [7, 11) is 0. The summed E-state index contributed by atoms with van der Waals surface area (Å²) in [4.78, 5) is 14.0. The van der Waals surface area contributed by atoms with Gasteiger partial charge in [-0.1, -0.05) is 20.8 Å². The van der Waals surface area contributed by atoms with Gasteiger partial charge in [0.1, 0.15) is 0 Å². The molecule has 15 heavy (non-hydrogen) atoms. The zero-order chi connectivity index (χ0) is 11.5. The highest BCUT2D eigenvalue weighted by Gasteiger charge is 2.28. The molecule has 0 aromatic rings. The fourth-order valence-corrected chi connectivity index (χ4v) is 1.87. The third kappa shape index (κ3) is 3.49. The van der Waals surface area contributed by atoms with Crippen LogP contribution in [-0.2, 0) is 9.53 Å². The zero-order valence-corrected chi connectivity index (χ0v) is 10.4. The molecule has 0 bridgehead atoms. The Kier molecular flexibility index (Phi) is 4.14. The van der Waals surface area contributed by atoms with E-state index in [-0.39, 0.29) is 11.3 Å². The average Bonchev–Trinajstić information content (AvgIpc) is 2.64. The van der Waals surface area contributed by atoms with Crippen LogP contribution >= 0.6 is 0 Å². The normalized spacial score (nSPS) is 21.7. The number of ether oxygens (including phenoxy) is 1. The molecule has 1 aliphatic rings. The van der Waals surface area contributed by atoms with Crippen LogP contribution in [0.3, 0.4) is 0 Å². The lowest BCUT2D eigenvalue weighted by molar-refractivity contribution is -0.139. The van der Waals surface area contributed by atoms with E-state index in [9.17, 15) is 4.79 Å². The molecule has 0 radical (unpaired) electrons. The molecule has 88 valence electrons. The molecule has 0 spiro atoms.